The minimum Gasteiger partial charge on any atom is -0.348 e. The second-order valence-corrected chi connectivity index (χ2v) is 5.27. The fourth-order valence-electron chi connectivity index (χ4n) is 3.19. The predicted molar refractivity (Wildman–Crippen MR) is 65.5 cm³/mol. The third-order valence-electron chi connectivity index (χ3n) is 3.99. The lowest BCUT2D eigenvalue weighted by Crippen LogP contribution is -2.23. The lowest BCUT2D eigenvalue weighted by molar-refractivity contribution is -0.117. The highest BCUT2D eigenvalue weighted by Crippen LogP contribution is 2.37. The molecule has 2 aliphatic rings. The summed E-state index contributed by atoms with van der Waals surface area (Å²) in [7, 11) is 0. The van der Waals surface area contributed by atoms with Crippen LogP contribution in [0.4, 0.5) is 0 Å². The van der Waals surface area contributed by atoms with E-state index in [9.17, 15) is 4.79 Å². The summed E-state index contributed by atoms with van der Waals surface area (Å²) in [5.41, 5.74) is 3.79. The molecule has 1 atom stereocenters. The molecule has 0 fully saturated rings. The maximum absolute atomic E-state index is 12.1. The van der Waals surface area contributed by atoms with Crippen LogP contribution in [-0.4, -0.2) is 15.8 Å². The number of hydrogen-bond acceptors (Lipinski definition) is 2. The quantitative estimate of drug-likeness (QED) is 0.849. The molecule has 90 valence electrons. The molecule has 1 N–H and O–H groups in total. The average molecular weight is 230 g/mol. The number of nitrogens with one attached hydrogen (secondary N) is 1. The van der Waals surface area contributed by atoms with Gasteiger partial charge in [-0.3, -0.25) is 4.79 Å². The molecule has 0 aromatic carbocycles. The van der Waals surface area contributed by atoms with Crippen molar-refractivity contribution in [1.29, 1.82) is 0 Å². The molecule has 0 radical (unpaired) electrons. The van der Waals surface area contributed by atoms with Crippen LogP contribution in [0.1, 0.15) is 44.2 Å². The highest BCUT2D eigenvalue weighted by molar-refractivity contribution is 5.97. The molecule has 1 aromatic heterocycles. The molecule has 0 spiro atoms. The van der Waals surface area contributed by atoms with Crippen LogP contribution in [-0.2, 0) is 11.2 Å². The van der Waals surface area contributed by atoms with Gasteiger partial charge in [-0.15, -0.1) is 0 Å². The largest absolute Gasteiger partial charge is 0.348 e. The van der Waals surface area contributed by atoms with Gasteiger partial charge in [-0.05, 0) is 50.0 Å². The monoisotopic (exact) mass is 230 g/mol. The van der Waals surface area contributed by atoms with Gasteiger partial charge in [0.25, 0.3) is 0 Å². The first-order chi connectivity index (χ1) is 8.33. The standard InChI is InChI=1S/C14H18N2O/c17-14-7-10(6-12-8-15-9-16-12)5-11-3-1-2-4-13(11)14/h8-10H,1-7H2,(H,15,16). The van der Waals surface area contributed by atoms with E-state index >= 15 is 0 Å². The van der Waals surface area contributed by atoms with E-state index in [1.807, 2.05) is 6.20 Å². The first-order valence-corrected chi connectivity index (χ1v) is 6.54. The molecule has 3 heteroatoms. The van der Waals surface area contributed by atoms with Crippen LogP contribution in [0.3, 0.4) is 0 Å². The average Bonchev–Trinajstić information content (AvgIpc) is 2.82. The number of H-pyrrole nitrogens is 1. The summed E-state index contributed by atoms with van der Waals surface area (Å²) in [4.78, 5) is 19.3. The molecular formula is C14H18N2O. The van der Waals surface area contributed by atoms with Gasteiger partial charge < -0.3 is 4.98 Å². The summed E-state index contributed by atoms with van der Waals surface area (Å²) < 4.78 is 0. The summed E-state index contributed by atoms with van der Waals surface area (Å²) in [6.45, 7) is 0. The number of nitrogens with zero attached hydrogens (tertiary/aromatic N) is 1. The van der Waals surface area contributed by atoms with Crippen LogP contribution in [0.5, 0.6) is 0 Å². The highest BCUT2D eigenvalue weighted by Gasteiger charge is 2.28. The molecule has 0 saturated carbocycles. The number of Topliss-reactive ketones (excluding diaryl/α,β-unsaturated/α-hetero) is 1. The van der Waals surface area contributed by atoms with Crippen molar-refractivity contribution < 1.29 is 4.79 Å². The summed E-state index contributed by atoms with van der Waals surface area (Å²) in [5, 5.41) is 0. The molecule has 0 amide bonds. The summed E-state index contributed by atoms with van der Waals surface area (Å²) >= 11 is 0. The Kier molecular flexibility index (Phi) is 2.83. The maximum atomic E-state index is 12.1. The number of aromatic nitrogens is 2. The SMILES string of the molecule is O=C1CC(Cc2cnc[nH]2)CC2=C1CCCC2. The molecule has 0 bridgehead atoms. The number of allylic oxidation sites excluding steroid dienone is 2. The second-order valence-electron chi connectivity index (χ2n) is 5.27. The minimum atomic E-state index is 0.412. The van der Waals surface area contributed by atoms with Gasteiger partial charge in [0.2, 0.25) is 0 Å². The molecule has 0 aliphatic heterocycles. The predicted octanol–water partition coefficient (Wildman–Crippen LogP) is 2.80. The van der Waals surface area contributed by atoms with E-state index in [2.05, 4.69) is 9.97 Å². The zero-order chi connectivity index (χ0) is 11.7. The zero-order valence-electron chi connectivity index (χ0n) is 10.0. The van der Waals surface area contributed by atoms with Gasteiger partial charge in [0, 0.05) is 18.3 Å². The van der Waals surface area contributed by atoms with E-state index in [1.54, 1.807) is 6.33 Å². The molecule has 17 heavy (non-hydrogen) atoms. The van der Waals surface area contributed by atoms with Crippen molar-refractivity contribution in [1.82, 2.24) is 9.97 Å². The topological polar surface area (TPSA) is 45.8 Å². The third kappa shape index (κ3) is 2.19. The van der Waals surface area contributed by atoms with Crippen molar-refractivity contribution in [2.24, 2.45) is 5.92 Å². The smallest absolute Gasteiger partial charge is 0.159 e. The number of imidazole rings is 1. The van der Waals surface area contributed by atoms with Gasteiger partial charge in [0.05, 0.1) is 6.33 Å². The molecule has 2 aliphatic carbocycles. The van der Waals surface area contributed by atoms with E-state index in [1.165, 1.54) is 24.0 Å². The maximum Gasteiger partial charge on any atom is 0.159 e. The van der Waals surface area contributed by atoms with Crippen molar-refractivity contribution >= 4 is 5.78 Å². The fraction of sp³-hybridized carbons (Fsp3) is 0.571. The van der Waals surface area contributed by atoms with Crippen LogP contribution < -0.4 is 0 Å². The Morgan fingerprint density at radius 2 is 2.18 bits per heavy atom. The number of hydrogen-bond donors (Lipinski definition) is 1. The van der Waals surface area contributed by atoms with E-state index in [0.717, 1.165) is 37.8 Å². The van der Waals surface area contributed by atoms with E-state index in [-0.39, 0.29) is 0 Å². The zero-order valence-corrected chi connectivity index (χ0v) is 10.0. The molecule has 3 nitrogen and oxygen atoms in total. The van der Waals surface area contributed by atoms with Crippen molar-refractivity contribution in [2.45, 2.75) is 44.9 Å². The molecular weight excluding hydrogens is 212 g/mol. The van der Waals surface area contributed by atoms with Gasteiger partial charge in [0.15, 0.2) is 5.78 Å². The fourth-order valence-corrected chi connectivity index (χ4v) is 3.19. The van der Waals surface area contributed by atoms with Crippen molar-refractivity contribution in [3.63, 3.8) is 0 Å². The molecule has 0 saturated heterocycles. The van der Waals surface area contributed by atoms with Crippen molar-refractivity contribution in [3.8, 4) is 0 Å². The third-order valence-corrected chi connectivity index (χ3v) is 3.99. The Morgan fingerprint density at radius 1 is 1.29 bits per heavy atom. The van der Waals surface area contributed by atoms with E-state index in [0.29, 0.717) is 11.7 Å². The first-order valence-electron chi connectivity index (χ1n) is 6.54. The lowest BCUT2D eigenvalue weighted by atomic mass is 9.75. The lowest BCUT2D eigenvalue weighted by Gasteiger charge is -2.29. The number of carbonyl (C=O) groups is 1. The van der Waals surface area contributed by atoms with E-state index in [4.69, 9.17) is 0 Å². The van der Waals surface area contributed by atoms with Crippen LogP contribution in [0.2, 0.25) is 0 Å². The molecule has 1 aromatic rings. The van der Waals surface area contributed by atoms with Gasteiger partial charge in [-0.1, -0.05) is 5.57 Å². The van der Waals surface area contributed by atoms with Crippen LogP contribution in [0.25, 0.3) is 0 Å². The second kappa shape index (κ2) is 4.47. The van der Waals surface area contributed by atoms with Gasteiger partial charge >= 0.3 is 0 Å². The van der Waals surface area contributed by atoms with Gasteiger partial charge in [-0.25, -0.2) is 4.98 Å². The van der Waals surface area contributed by atoms with Crippen LogP contribution >= 0.6 is 0 Å². The Balaban J connectivity index is 1.74. The van der Waals surface area contributed by atoms with E-state index < -0.39 is 0 Å². The number of ketones is 1. The molecule has 1 heterocycles. The summed E-state index contributed by atoms with van der Waals surface area (Å²) in [5.74, 6) is 0.898. The Hall–Kier alpha value is -1.38. The number of rotatable bonds is 2. The van der Waals surface area contributed by atoms with Crippen molar-refractivity contribution in [2.75, 3.05) is 0 Å². The number of aromatic amines is 1. The summed E-state index contributed by atoms with van der Waals surface area (Å²) in [6.07, 6.45) is 11.1. The summed E-state index contributed by atoms with van der Waals surface area (Å²) in [6, 6.07) is 0. The van der Waals surface area contributed by atoms with Crippen molar-refractivity contribution in [3.05, 3.63) is 29.4 Å². The van der Waals surface area contributed by atoms with Crippen LogP contribution in [0, 0.1) is 5.92 Å². The normalized spacial score (nSPS) is 24.9. The van der Waals surface area contributed by atoms with Crippen LogP contribution in [0.15, 0.2) is 23.7 Å². The Labute approximate surface area is 101 Å². The van der Waals surface area contributed by atoms with Gasteiger partial charge in [-0.2, -0.15) is 0 Å². The van der Waals surface area contributed by atoms with Gasteiger partial charge in [0.1, 0.15) is 0 Å². The minimum absolute atomic E-state index is 0.412. The first kappa shape index (κ1) is 10.8. The molecule has 1 unspecified atom stereocenters. The number of carbonyl (C=O) groups excluding carboxylic acids is 1. The highest BCUT2D eigenvalue weighted by atomic mass is 16.1. The Bertz CT molecular complexity index is 445. The molecule has 3 rings (SSSR count). The Morgan fingerprint density at radius 3 is 3.00 bits per heavy atom.